The van der Waals surface area contributed by atoms with E-state index in [2.05, 4.69) is 4.98 Å². The highest BCUT2D eigenvalue weighted by molar-refractivity contribution is 6.52. The molecule has 1 aliphatic carbocycles. The third-order valence-corrected chi connectivity index (χ3v) is 2.64. The molecule has 0 saturated carbocycles. The number of hydrogen-bond donors (Lipinski definition) is 1. The van der Waals surface area contributed by atoms with Gasteiger partial charge in [0.15, 0.2) is 0 Å². The summed E-state index contributed by atoms with van der Waals surface area (Å²) in [5, 5.41) is 0. The van der Waals surface area contributed by atoms with E-state index in [9.17, 15) is 9.59 Å². The van der Waals surface area contributed by atoms with E-state index in [1.807, 2.05) is 12.1 Å². The van der Waals surface area contributed by atoms with E-state index in [1.165, 1.54) is 0 Å². The Balaban J connectivity index is 2.42. The summed E-state index contributed by atoms with van der Waals surface area (Å²) in [5.41, 5.74) is 2.51. The molecule has 0 aliphatic heterocycles. The van der Waals surface area contributed by atoms with E-state index < -0.39 is 11.6 Å². The van der Waals surface area contributed by atoms with Crippen molar-refractivity contribution in [1.82, 2.24) is 4.98 Å². The van der Waals surface area contributed by atoms with Gasteiger partial charge in [-0.15, -0.1) is 0 Å². The van der Waals surface area contributed by atoms with Gasteiger partial charge >= 0.3 is 0 Å². The zero-order valence-electron chi connectivity index (χ0n) is 7.78. The zero-order valence-corrected chi connectivity index (χ0v) is 7.78. The predicted octanol–water partition coefficient (Wildman–Crippen LogP) is 2.06. The van der Waals surface area contributed by atoms with E-state index in [0.717, 1.165) is 11.3 Å². The molecule has 0 amide bonds. The van der Waals surface area contributed by atoms with Gasteiger partial charge in [0.1, 0.15) is 0 Å². The molecule has 1 heterocycles. The van der Waals surface area contributed by atoms with E-state index in [1.54, 1.807) is 24.4 Å². The molecule has 1 aromatic heterocycles. The lowest BCUT2D eigenvalue weighted by molar-refractivity contribution is 0.0815. The van der Waals surface area contributed by atoms with Gasteiger partial charge in [-0.3, -0.25) is 9.59 Å². The topological polar surface area (TPSA) is 49.9 Å². The highest BCUT2D eigenvalue weighted by atomic mass is 16.2. The maximum atomic E-state index is 11.7. The number of carbonyl (C=O) groups excluding carboxylic acids is 2. The van der Waals surface area contributed by atoms with Gasteiger partial charge in [-0.1, -0.05) is 24.3 Å². The molecular formula is C12H7NO2. The number of hydrogen-bond acceptors (Lipinski definition) is 2. The van der Waals surface area contributed by atoms with Crippen LogP contribution in [-0.4, -0.2) is 16.6 Å². The van der Waals surface area contributed by atoms with Crippen molar-refractivity contribution in [2.45, 2.75) is 0 Å². The van der Waals surface area contributed by atoms with Crippen LogP contribution < -0.4 is 0 Å². The Hall–Kier alpha value is -2.16. The molecule has 15 heavy (non-hydrogen) atoms. The maximum Gasteiger partial charge on any atom is 0.235 e. The molecule has 0 radical (unpaired) electrons. The Morgan fingerprint density at radius 1 is 0.800 bits per heavy atom. The lowest BCUT2D eigenvalue weighted by atomic mass is 9.88. The SMILES string of the molecule is O=C1C(=O)c2cc[nH]c2-c2ccccc21. The van der Waals surface area contributed by atoms with Crippen LogP contribution in [0.3, 0.4) is 0 Å². The number of nitrogens with one attached hydrogen (secondary N) is 1. The van der Waals surface area contributed by atoms with Crippen LogP contribution in [0, 0.1) is 0 Å². The van der Waals surface area contributed by atoms with Crippen molar-refractivity contribution in [2.75, 3.05) is 0 Å². The van der Waals surface area contributed by atoms with Gasteiger partial charge in [-0.25, -0.2) is 0 Å². The molecule has 0 unspecified atom stereocenters. The van der Waals surface area contributed by atoms with Crippen molar-refractivity contribution in [3.63, 3.8) is 0 Å². The fourth-order valence-electron chi connectivity index (χ4n) is 1.93. The van der Waals surface area contributed by atoms with Gasteiger partial charge in [-0.05, 0) is 6.07 Å². The number of carbonyl (C=O) groups is 2. The second kappa shape index (κ2) is 2.67. The molecule has 0 atom stereocenters. The zero-order chi connectivity index (χ0) is 10.4. The molecule has 0 bridgehead atoms. The fraction of sp³-hybridized carbons (Fsp3) is 0. The van der Waals surface area contributed by atoms with Crippen LogP contribution in [0.1, 0.15) is 20.7 Å². The Morgan fingerprint density at radius 2 is 1.47 bits per heavy atom. The highest BCUT2D eigenvalue weighted by Gasteiger charge is 2.30. The largest absolute Gasteiger partial charge is 0.361 e. The summed E-state index contributed by atoms with van der Waals surface area (Å²) >= 11 is 0. The first-order chi connectivity index (χ1) is 7.29. The first-order valence-corrected chi connectivity index (χ1v) is 4.65. The van der Waals surface area contributed by atoms with Crippen molar-refractivity contribution in [2.24, 2.45) is 0 Å². The van der Waals surface area contributed by atoms with Crippen LogP contribution in [0.4, 0.5) is 0 Å². The minimum absolute atomic E-state index is 0.419. The van der Waals surface area contributed by atoms with Gasteiger partial charge in [0.2, 0.25) is 11.6 Å². The number of ketones is 2. The summed E-state index contributed by atoms with van der Waals surface area (Å²) in [7, 11) is 0. The molecule has 3 heteroatoms. The van der Waals surface area contributed by atoms with Gasteiger partial charge in [-0.2, -0.15) is 0 Å². The number of rotatable bonds is 0. The average molecular weight is 197 g/mol. The first-order valence-electron chi connectivity index (χ1n) is 4.65. The molecule has 0 fully saturated rings. The van der Waals surface area contributed by atoms with Crippen molar-refractivity contribution >= 4 is 11.6 Å². The second-order valence-electron chi connectivity index (χ2n) is 3.47. The fourth-order valence-corrected chi connectivity index (χ4v) is 1.93. The van der Waals surface area contributed by atoms with E-state index in [-0.39, 0.29) is 0 Å². The summed E-state index contributed by atoms with van der Waals surface area (Å²) in [6.07, 6.45) is 1.68. The summed E-state index contributed by atoms with van der Waals surface area (Å²) in [6.45, 7) is 0. The summed E-state index contributed by atoms with van der Waals surface area (Å²) in [4.78, 5) is 26.4. The van der Waals surface area contributed by atoms with Crippen LogP contribution in [0.5, 0.6) is 0 Å². The van der Waals surface area contributed by atoms with E-state index in [0.29, 0.717) is 11.1 Å². The Labute approximate surface area is 85.7 Å². The smallest absolute Gasteiger partial charge is 0.235 e. The van der Waals surface area contributed by atoms with Gasteiger partial charge in [0.25, 0.3) is 0 Å². The van der Waals surface area contributed by atoms with Gasteiger partial charge < -0.3 is 4.98 Å². The summed E-state index contributed by atoms with van der Waals surface area (Å²) in [5.74, 6) is -0.845. The quantitative estimate of drug-likeness (QED) is 0.657. The monoisotopic (exact) mass is 197 g/mol. The number of aromatic amines is 1. The molecular weight excluding hydrogens is 190 g/mol. The normalized spacial score (nSPS) is 13.6. The molecule has 2 aromatic rings. The molecule has 72 valence electrons. The Morgan fingerprint density at radius 3 is 2.27 bits per heavy atom. The first kappa shape index (κ1) is 8.17. The van der Waals surface area contributed by atoms with Crippen molar-refractivity contribution in [3.05, 3.63) is 47.7 Å². The number of aromatic nitrogens is 1. The number of benzene rings is 1. The summed E-state index contributed by atoms with van der Waals surface area (Å²) < 4.78 is 0. The molecule has 3 rings (SSSR count). The number of Topliss-reactive ketones (excluding diaryl/α,β-unsaturated/α-hetero) is 2. The minimum atomic E-state index is -0.426. The molecule has 0 saturated heterocycles. The number of fused-ring (bicyclic) bond motifs is 3. The standard InChI is InChI=1S/C12H7NO2/c14-11-8-4-2-1-3-7(8)10-9(12(11)15)5-6-13-10/h1-6,13H. The summed E-state index contributed by atoms with van der Waals surface area (Å²) in [6, 6.07) is 8.78. The third kappa shape index (κ3) is 0.944. The Bertz CT molecular complexity index is 581. The van der Waals surface area contributed by atoms with Crippen LogP contribution in [0.25, 0.3) is 11.3 Å². The molecule has 1 aliphatic rings. The van der Waals surface area contributed by atoms with Gasteiger partial charge in [0.05, 0.1) is 11.3 Å². The van der Waals surface area contributed by atoms with Crippen molar-refractivity contribution in [1.29, 1.82) is 0 Å². The number of H-pyrrole nitrogens is 1. The average Bonchev–Trinajstić information content (AvgIpc) is 2.75. The Kier molecular flexibility index (Phi) is 1.45. The molecule has 0 spiro atoms. The van der Waals surface area contributed by atoms with E-state index >= 15 is 0 Å². The van der Waals surface area contributed by atoms with Crippen LogP contribution in [-0.2, 0) is 0 Å². The highest BCUT2D eigenvalue weighted by Crippen LogP contribution is 2.31. The molecule has 1 N–H and O–H groups in total. The van der Waals surface area contributed by atoms with Crippen LogP contribution in [0.15, 0.2) is 36.5 Å². The van der Waals surface area contributed by atoms with Crippen molar-refractivity contribution < 1.29 is 9.59 Å². The third-order valence-electron chi connectivity index (χ3n) is 2.64. The van der Waals surface area contributed by atoms with Crippen molar-refractivity contribution in [3.8, 4) is 11.3 Å². The molecule has 3 nitrogen and oxygen atoms in total. The maximum absolute atomic E-state index is 11.7. The molecule has 1 aromatic carbocycles. The van der Waals surface area contributed by atoms with Crippen LogP contribution >= 0.6 is 0 Å². The second-order valence-corrected chi connectivity index (χ2v) is 3.47. The van der Waals surface area contributed by atoms with Gasteiger partial charge in [0, 0.05) is 17.3 Å². The predicted molar refractivity (Wildman–Crippen MR) is 54.9 cm³/mol. The lowest BCUT2D eigenvalue weighted by Crippen LogP contribution is -2.20. The minimum Gasteiger partial charge on any atom is -0.361 e. The van der Waals surface area contributed by atoms with Crippen LogP contribution in [0.2, 0.25) is 0 Å². The van der Waals surface area contributed by atoms with E-state index in [4.69, 9.17) is 0 Å². The lowest BCUT2D eigenvalue weighted by Gasteiger charge is -2.13.